The normalized spacial score (nSPS) is 11.1. The van der Waals surface area contributed by atoms with Crippen LogP contribution in [0.25, 0.3) is 16.0 Å². The minimum absolute atomic E-state index is 0.0565. The Morgan fingerprint density at radius 1 is 1.29 bits per heavy atom. The summed E-state index contributed by atoms with van der Waals surface area (Å²) in [5, 5.41) is 10.4. The standard InChI is InChI=1S/C11H7ClN2O2S/c12-8-4-5-9(17-8)14-6-2-1-3-7(15)10(6)13-11(14)16/h1-5,15H,(H,13,16). The number of nitrogens with zero attached hydrogens (tertiary/aromatic N) is 1. The highest BCUT2D eigenvalue weighted by molar-refractivity contribution is 7.18. The van der Waals surface area contributed by atoms with Gasteiger partial charge in [-0.25, -0.2) is 4.79 Å². The lowest BCUT2D eigenvalue weighted by atomic mass is 10.3. The molecule has 0 amide bonds. The summed E-state index contributed by atoms with van der Waals surface area (Å²) in [7, 11) is 0. The van der Waals surface area contributed by atoms with Crippen molar-refractivity contribution in [3.05, 3.63) is 45.2 Å². The van der Waals surface area contributed by atoms with Gasteiger partial charge in [-0.1, -0.05) is 17.7 Å². The second-order valence-corrected chi connectivity index (χ2v) is 5.21. The summed E-state index contributed by atoms with van der Waals surface area (Å²) in [5.41, 5.74) is 0.774. The number of fused-ring (bicyclic) bond motifs is 1. The number of H-pyrrole nitrogens is 1. The molecule has 86 valence electrons. The third-order valence-electron chi connectivity index (χ3n) is 2.48. The molecule has 2 aromatic heterocycles. The van der Waals surface area contributed by atoms with Gasteiger partial charge in [0, 0.05) is 0 Å². The molecule has 0 unspecified atom stereocenters. The maximum Gasteiger partial charge on any atom is 0.331 e. The van der Waals surface area contributed by atoms with Gasteiger partial charge in [0.05, 0.1) is 9.85 Å². The first-order valence-corrected chi connectivity index (χ1v) is 6.04. The van der Waals surface area contributed by atoms with Crippen LogP contribution in [0.1, 0.15) is 0 Å². The quantitative estimate of drug-likeness (QED) is 0.711. The number of aromatic hydroxyl groups is 1. The first kappa shape index (κ1) is 10.4. The SMILES string of the molecule is O=c1[nH]c2c(O)cccc2n1-c1ccc(Cl)s1. The Labute approximate surface area is 105 Å². The van der Waals surface area contributed by atoms with E-state index in [1.54, 1.807) is 24.3 Å². The van der Waals surface area contributed by atoms with Gasteiger partial charge in [0.1, 0.15) is 16.3 Å². The zero-order valence-corrected chi connectivity index (χ0v) is 10.0. The van der Waals surface area contributed by atoms with Crippen molar-refractivity contribution in [3.8, 4) is 10.8 Å². The molecule has 0 radical (unpaired) electrons. The second kappa shape index (κ2) is 3.65. The van der Waals surface area contributed by atoms with Crippen molar-refractivity contribution >= 4 is 34.0 Å². The average molecular weight is 267 g/mol. The van der Waals surface area contributed by atoms with Gasteiger partial charge in [-0.2, -0.15) is 0 Å². The van der Waals surface area contributed by atoms with Crippen LogP contribution < -0.4 is 5.69 Å². The third kappa shape index (κ3) is 1.55. The fourth-order valence-electron chi connectivity index (χ4n) is 1.76. The summed E-state index contributed by atoms with van der Waals surface area (Å²) in [6, 6.07) is 8.49. The first-order valence-electron chi connectivity index (χ1n) is 4.85. The van der Waals surface area contributed by atoms with Crippen LogP contribution in [0.4, 0.5) is 0 Å². The maximum atomic E-state index is 11.9. The third-order valence-corrected chi connectivity index (χ3v) is 3.69. The Bertz CT molecular complexity index is 756. The Morgan fingerprint density at radius 2 is 2.12 bits per heavy atom. The number of thiophene rings is 1. The molecule has 0 spiro atoms. The Morgan fingerprint density at radius 3 is 2.82 bits per heavy atom. The lowest BCUT2D eigenvalue weighted by Crippen LogP contribution is -2.13. The fourth-order valence-corrected chi connectivity index (χ4v) is 2.80. The molecule has 17 heavy (non-hydrogen) atoms. The summed E-state index contributed by atoms with van der Waals surface area (Å²) in [5.74, 6) is 0.0565. The van der Waals surface area contributed by atoms with Crippen molar-refractivity contribution in [1.82, 2.24) is 9.55 Å². The van der Waals surface area contributed by atoms with Crippen molar-refractivity contribution in [1.29, 1.82) is 0 Å². The van der Waals surface area contributed by atoms with Crippen molar-refractivity contribution in [2.24, 2.45) is 0 Å². The highest BCUT2D eigenvalue weighted by Crippen LogP contribution is 2.28. The van der Waals surface area contributed by atoms with Crippen molar-refractivity contribution < 1.29 is 5.11 Å². The molecule has 0 saturated heterocycles. The van der Waals surface area contributed by atoms with Gasteiger partial charge in [0.15, 0.2) is 0 Å². The van der Waals surface area contributed by atoms with Gasteiger partial charge in [0.25, 0.3) is 0 Å². The molecule has 0 fully saturated rings. The predicted molar refractivity (Wildman–Crippen MR) is 68.4 cm³/mol. The summed E-state index contributed by atoms with van der Waals surface area (Å²) < 4.78 is 2.10. The number of imidazole rings is 1. The number of phenols is 1. The summed E-state index contributed by atoms with van der Waals surface area (Å²) in [6.07, 6.45) is 0. The predicted octanol–water partition coefficient (Wildman–Crippen LogP) is 2.74. The number of rotatable bonds is 1. The Kier molecular flexibility index (Phi) is 2.24. The van der Waals surface area contributed by atoms with Crippen molar-refractivity contribution in [2.45, 2.75) is 0 Å². The zero-order valence-electron chi connectivity index (χ0n) is 8.48. The molecule has 0 aliphatic carbocycles. The van der Waals surface area contributed by atoms with E-state index in [0.29, 0.717) is 15.4 Å². The maximum absolute atomic E-state index is 11.9. The van der Waals surface area contributed by atoms with Crippen molar-refractivity contribution in [3.63, 3.8) is 0 Å². The fraction of sp³-hybridized carbons (Fsp3) is 0. The molecule has 0 saturated carbocycles. The molecule has 1 aromatic carbocycles. The van der Waals surface area contributed by atoms with Crippen LogP contribution in [0.3, 0.4) is 0 Å². The highest BCUT2D eigenvalue weighted by Gasteiger charge is 2.12. The number of aromatic amines is 1. The highest BCUT2D eigenvalue weighted by atomic mass is 35.5. The van der Waals surface area contributed by atoms with E-state index in [-0.39, 0.29) is 11.4 Å². The van der Waals surface area contributed by atoms with Crippen LogP contribution in [-0.4, -0.2) is 14.7 Å². The molecule has 3 rings (SSSR count). The molecule has 6 heteroatoms. The summed E-state index contributed by atoms with van der Waals surface area (Å²) in [6.45, 7) is 0. The van der Waals surface area contributed by atoms with Gasteiger partial charge >= 0.3 is 5.69 Å². The Balaban J connectivity index is 2.40. The van der Waals surface area contributed by atoms with Crippen LogP contribution >= 0.6 is 22.9 Å². The number of halogens is 1. The molecule has 0 atom stereocenters. The van der Waals surface area contributed by atoms with E-state index in [2.05, 4.69) is 4.98 Å². The molecule has 3 aromatic rings. The number of phenolic OH excluding ortho intramolecular Hbond substituents is 1. The van der Waals surface area contributed by atoms with Crippen LogP contribution in [0.15, 0.2) is 35.1 Å². The van der Waals surface area contributed by atoms with Gasteiger partial charge in [-0.3, -0.25) is 4.57 Å². The summed E-state index contributed by atoms with van der Waals surface area (Å²) in [4.78, 5) is 14.5. The largest absolute Gasteiger partial charge is 0.506 e. The van der Waals surface area contributed by atoms with E-state index in [0.717, 1.165) is 5.00 Å². The lowest BCUT2D eigenvalue weighted by Gasteiger charge is -1.98. The topological polar surface area (TPSA) is 58.0 Å². The number of hydrogen-bond acceptors (Lipinski definition) is 3. The molecule has 0 bridgehead atoms. The molecular formula is C11H7ClN2O2S. The zero-order chi connectivity index (χ0) is 12.0. The second-order valence-electron chi connectivity index (χ2n) is 3.51. The average Bonchev–Trinajstić information content (AvgIpc) is 2.82. The van der Waals surface area contributed by atoms with Crippen LogP contribution in [0.2, 0.25) is 4.34 Å². The molecule has 4 nitrogen and oxygen atoms in total. The smallest absolute Gasteiger partial charge is 0.331 e. The van der Waals surface area contributed by atoms with Crippen LogP contribution in [-0.2, 0) is 0 Å². The van der Waals surface area contributed by atoms with E-state index in [1.165, 1.54) is 22.0 Å². The Hall–Kier alpha value is -1.72. The molecule has 0 aliphatic heterocycles. The molecular weight excluding hydrogens is 260 g/mol. The van der Waals surface area contributed by atoms with E-state index in [1.807, 2.05) is 0 Å². The molecule has 2 heterocycles. The van der Waals surface area contributed by atoms with E-state index < -0.39 is 0 Å². The van der Waals surface area contributed by atoms with Gasteiger partial charge < -0.3 is 10.1 Å². The summed E-state index contributed by atoms with van der Waals surface area (Å²) >= 11 is 7.16. The van der Waals surface area contributed by atoms with Crippen LogP contribution in [0, 0.1) is 0 Å². The van der Waals surface area contributed by atoms with E-state index >= 15 is 0 Å². The van der Waals surface area contributed by atoms with E-state index in [4.69, 9.17) is 11.6 Å². The minimum atomic E-state index is -0.292. The minimum Gasteiger partial charge on any atom is -0.506 e. The number of hydrogen-bond donors (Lipinski definition) is 2. The van der Waals surface area contributed by atoms with E-state index in [9.17, 15) is 9.90 Å². The monoisotopic (exact) mass is 266 g/mol. The lowest BCUT2D eigenvalue weighted by molar-refractivity contribution is 0.480. The number of para-hydroxylation sites is 1. The number of benzene rings is 1. The van der Waals surface area contributed by atoms with Gasteiger partial charge in [-0.05, 0) is 24.3 Å². The van der Waals surface area contributed by atoms with Gasteiger partial charge in [-0.15, -0.1) is 11.3 Å². The number of aromatic nitrogens is 2. The van der Waals surface area contributed by atoms with Crippen LogP contribution in [0.5, 0.6) is 5.75 Å². The molecule has 2 N–H and O–H groups in total. The van der Waals surface area contributed by atoms with Crippen molar-refractivity contribution in [2.75, 3.05) is 0 Å². The first-order chi connectivity index (χ1) is 8.16. The number of nitrogens with one attached hydrogen (secondary N) is 1. The van der Waals surface area contributed by atoms with Gasteiger partial charge in [0.2, 0.25) is 0 Å². The molecule has 0 aliphatic rings.